The van der Waals surface area contributed by atoms with Gasteiger partial charge in [-0.2, -0.15) is 0 Å². The van der Waals surface area contributed by atoms with Gasteiger partial charge in [-0.1, -0.05) is 0 Å². The maximum Gasteiger partial charge on any atom is 0.0701 e. The summed E-state index contributed by atoms with van der Waals surface area (Å²) in [5.41, 5.74) is 1.27. The maximum atomic E-state index is 10.9. The third kappa shape index (κ3) is 4.68. The van der Waals surface area contributed by atoms with Gasteiger partial charge in [0.15, 0.2) is 0 Å². The highest BCUT2D eigenvalue weighted by Crippen LogP contribution is 2.20. The molecule has 0 saturated heterocycles. The molecule has 2 nitrogen and oxygen atoms in total. The van der Waals surface area contributed by atoms with Crippen LogP contribution >= 0.6 is 27.3 Å². The first-order chi connectivity index (χ1) is 6.58. The van der Waals surface area contributed by atoms with Gasteiger partial charge in [0.2, 0.25) is 0 Å². The van der Waals surface area contributed by atoms with Crippen LogP contribution in [0.3, 0.4) is 0 Å². The van der Waals surface area contributed by atoms with E-state index in [2.05, 4.69) is 39.6 Å². The van der Waals surface area contributed by atoms with Gasteiger partial charge in [-0.3, -0.25) is 4.21 Å². The monoisotopic (exact) mass is 295 g/mol. The lowest BCUT2D eigenvalue weighted by molar-refractivity contribution is 0.588. The van der Waals surface area contributed by atoms with Crippen molar-refractivity contribution < 1.29 is 4.21 Å². The topological polar surface area (TPSA) is 29.1 Å². The van der Waals surface area contributed by atoms with Crippen LogP contribution in [-0.2, 0) is 17.3 Å². The lowest BCUT2D eigenvalue weighted by atomic mass is 10.3. The second-order valence-corrected chi connectivity index (χ2v) is 7.05. The molecule has 1 rings (SSSR count). The van der Waals surface area contributed by atoms with Crippen LogP contribution in [0.2, 0.25) is 0 Å². The minimum Gasteiger partial charge on any atom is -0.309 e. The molecule has 2 unspecified atom stereocenters. The normalized spacial score (nSPS) is 15.4. The molecule has 1 aromatic heterocycles. The maximum absolute atomic E-state index is 10.9. The van der Waals surface area contributed by atoms with E-state index < -0.39 is 10.8 Å². The van der Waals surface area contributed by atoms with Crippen molar-refractivity contribution in [3.63, 3.8) is 0 Å². The van der Waals surface area contributed by atoms with Crippen LogP contribution in [0.1, 0.15) is 12.5 Å². The van der Waals surface area contributed by atoms with E-state index in [1.807, 2.05) is 0 Å². The van der Waals surface area contributed by atoms with E-state index in [1.54, 1.807) is 17.6 Å². The van der Waals surface area contributed by atoms with Gasteiger partial charge >= 0.3 is 0 Å². The number of halogens is 1. The average Bonchev–Trinajstić information content (AvgIpc) is 2.47. The lowest BCUT2D eigenvalue weighted by Crippen LogP contribution is -2.30. The third-order valence-electron chi connectivity index (χ3n) is 1.76. The molecule has 0 aliphatic rings. The summed E-state index contributed by atoms with van der Waals surface area (Å²) in [6.45, 7) is 2.91. The molecule has 0 spiro atoms. The molecule has 2 atom stereocenters. The van der Waals surface area contributed by atoms with Gasteiger partial charge in [0, 0.05) is 35.4 Å². The summed E-state index contributed by atoms with van der Waals surface area (Å²) in [7, 11) is -0.717. The first-order valence-electron chi connectivity index (χ1n) is 4.34. The average molecular weight is 296 g/mol. The minimum absolute atomic E-state index is 0.305. The molecule has 0 aliphatic heterocycles. The van der Waals surface area contributed by atoms with E-state index in [0.717, 1.165) is 10.3 Å². The Labute approximate surface area is 99.7 Å². The van der Waals surface area contributed by atoms with Gasteiger partial charge in [0.25, 0.3) is 0 Å². The summed E-state index contributed by atoms with van der Waals surface area (Å²) in [5, 5.41) is 5.45. The molecule has 14 heavy (non-hydrogen) atoms. The highest BCUT2D eigenvalue weighted by Gasteiger charge is 2.04. The standard InChI is InChI=1S/C9H14BrNOS2/c1-7(6-14(2)12)11-4-8-3-9(10)13-5-8/h3,5,7,11H,4,6H2,1-2H3. The van der Waals surface area contributed by atoms with Crippen LogP contribution in [0.4, 0.5) is 0 Å². The van der Waals surface area contributed by atoms with E-state index in [1.165, 1.54) is 5.56 Å². The predicted molar refractivity (Wildman–Crippen MR) is 67.3 cm³/mol. The van der Waals surface area contributed by atoms with Crippen LogP contribution in [0.25, 0.3) is 0 Å². The summed E-state index contributed by atoms with van der Waals surface area (Å²) >= 11 is 5.11. The zero-order valence-corrected chi connectivity index (χ0v) is 11.5. The fraction of sp³-hybridized carbons (Fsp3) is 0.556. The molecule has 1 heterocycles. The molecule has 0 fully saturated rings. The van der Waals surface area contributed by atoms with Gasteiger partial charge in [-0.05, 0) is 39.9 Å². The van der Waals surface area contributed by atoms with Crippen molar-refractivity contribution in [3.8, 4) is 0 Å². The molecule has 0 radical (unpaired) electrons. The quantitative estimate of drug-likeness (QED) is 0.904. The van der Waals surface area contributed by atoms with Gasteiger partial charge in [-0.25, -0.2) is 0 Å². The van der Waals surface area contributed by atoms with Gasteiger partial charge in [0.1, 0.15) is 0 Å². The second-order valence-electron chi connectivity index (χ2n) is 3.28. The summed E-state index contributed by atoms with van der Waals surface area (Å²) < 4.78 is 12.1. The highest BCUT2D eigenvalue weighted by atomic mass is 79.9. The van der Waals surface area contributed by atoms with Crippen LogP contribution in [0.15, 0.2) is 15.2 Å². The Bertz CT molecular complexity index is 314. The predicted octanol–water partition coefficient (Wildman–Crippen LogP) is 2.37. The van der Waals surface area contributed by atoms with Crippen molar-refractivity contribution in [2.75, 3.05) is 12.0 Å². The second kappa shape index (κ2) is 6.00. The Morgan fingerprint density at radius 1 is 1.71 bits per heavy atom. The lowest BCUT2D eigenvalue weighted by Gasteiger charge is -2.10. The Morgan fingerprint density at radius 2 is 2.43 bits per heavy atom. The number of nitrogens with one attached hydrogen (secondary N) is 1. The summed E-state index contributed by atoms with van der Waals surface area (Å²) in [5.74, 6) is 0.714. The fourth-order valence-corrected chi connectivity index (χ4v) is 3.17. The summed E-state index contributed by atoms with van der Waals surface area (Å²) in [6.07, 6.45) is 1.74. The molecule has 80 valence electrons. The zero-order chi connectivity index (χ0) is 10.6. The molecule has 0 bridgehead atoms. The number of hydrogen-bond donors (Lipinski definition) is 1. The van der Waals surface area contributed by atoms with E-state index >= 15 is 0 Å². The Morgan fingerprint density at radius 3 is 2.93 bits per heavy atom. The Hall–Kier alpha value is 0.290. The smallest absolute Gasteiger partial charge is 0.0701 e. The minimum atomic E-state index is -0.717. The molecule has 0 saturated carbocycles. The summed E-state index contributed by atoms with van der Waals surface area (Å²) in [4.78, 5) is 0. The van der Waals surface area contributed by atoms with Crippen molar-refractivity contribution >= 4 is 38.1 Å². The van der Waals surface area contributed by atoms with Crippen molar-refractivity contribution in [1.82, 2.24) is 5.32 Å². The first kappa shape index (κ1) is 12.4. The molecule has 1 aromatic rings. The first-order valence-corrected chi connectivity index (χ1v) is 7.74. The number of hydrogen-bond acceptors (Lipinski definition) is 3. The third-order valence-corrected chi connectivity index (χ3v) is 4.28. The zero-order valence-electron chi connectivity index (χ0n) is 8.25. The SMILES string of the molecule is CC(CS(C)=O)NCc1csc(Br)c1. The van der Waals surface area contributed by atoms with Crippen molar-refractivity contribution in [3.05, 3.63) is 20.8 Å². The van der Waals surface area contributed by atoms with E-state index in [-0.39, 0.29) is 0 Å². The Balaban J connectivity index is 2.30. The van der Waals surface area contributed by atoms with Gasteiger partial charge in [-0.15, -0.1) is 11.3 Å². The molecular weight excluding hydrogens is 282 g/mol. The molecule has 0 amide bonds. The van der Waals surface area contributed by atoms with Crippen LogP contribution in [0, 0.1) is 0 Å². The van der Waals surface area contributed by atoms with E-state index in [4.69, 9.17) is 0 Å². The molecule has 0 aromatic carbocycles. The highest BCUT2D eigenvalue weighted by molar-refractivity contribution is 9.11. The molecule has 5 heteroatoms. The molecule has 1 N–H and O–H groups in total. The van der Waals surface area contributed by atoms with Crippen molar-refractivity contribution in [2.45, 2.75) is 19.5 Å². The van der Waals surface area contributed by atoms with Crippen molar-refractivity contribution in [2.24, 2.45) is 0 Å². The Kier molecular flexibility index (Phi) is 5.30. The number of rotatable bonds is 5. The van der Waals surface area contributed by atoms with Crippen LogP contribution in [-0.4, -0.2) is 22.3 Å². The van der Waals surface area contributed by atoms with Gasteiger partial charge < -0.3 is 5.32 Å². The molecular formula is C9H14BrNOS2. The number of thiophene rings is 1. The van der Waals surface area contributed by atoms with Crippen molar-refractivity contribution in [1.29, 1.82) is 0 Å². The largest absolute Gasteiger partial charge is 0.309 e. The fourth-order valence-electron chi connectivity index (χ4n) is 1.14. The van der Waals surface area contributed by atoms with E-state index in [0.29, 0.717) is 11.8 Å². The molecule has 0 aliphatic carbocycles. The van der Waals surface area contributed by atoms with E-state index in [9.17, 15) is 4.21 Å². The van der Waals surface area contributed by atoms with Crippen LogP contribution < -0.4 is 5.32 Å². The van der Waals surface area contributed by atoms with Gasteiger partial charge in [0.05, 0.1) is 3.79 Å². The van der Waals surface area contributed by atoms with Crippen LogP contribution in [0.5, 0.6) is 0 Å². The summed E-state index contributed by atoms with van der Waals surface area (Å²) in [6, 6.07) is 2.41.